The number of amides is 1. The summed E-state index contributed by atoms with van der Waals surface area (Å²) in [5, 5.41) is 0. The van der Waals surface area contributed by atoms with Gasteiger partial charge in [0.15, 0.2) is 17.3 Å². The van der Waals surface area contributed by atoms with Gasteiger partial charge in [-0.3, -0.25) is 4.90 Å². The molecule has 0 bridgehead atoms. The molecule has 3 atom stereocenters. The molecule has 0 spiro atoms. The topological polar surface area (TPSA) is 66.5 Å². The third-order valence-electron chi connectivity index (χ3n) is 4.86. The van der Waals surface area contributed by atoms with Gasteiger partial charge in [-0.2, -0.15) is 0 Å². The third-order valence-corrected chi connectivity index (χ3v) is 4.86. The number of fused-ring (bicyclic) bond motifs is 4. The number of hydrogen-bond acceptors (Lipinski definition) is 6. The molecule has 144 valence electrons. The molecule has 1 amide bonds. The van der Waals surface area contributed by atoms with E-state index < -0.39 is 11.9 Å². The van der Waals surface area contributed by atoms with Crippen molar-refractivity contribution in [2.24, 2.45) is 0 Å². The van der Waals surface area contributed by atoms with Crippen molar-refractivity contribution in [3.05, 3.63) is 43.0 Å². The Hall–Kier alpha value is -2.51. The van der Waals surface area contributed by atoms with E-state index in [9.17, 15) is 4.79 Å². The molecule has 7 nitrogen and oxygen atoms in total. The summed E-state index contributed by atoms with van der Waals surface area (Å²) in [6, 6.07) is 3.34. The molecule has 4 rings (SSSR count). The van der Waals surface area contributed by atoms with Gasteiger partial charge in [-0.15, -0.1) is 6.58 Å². The maximum Gasteiger partial charge on any atom is 0.414 e. The van der Waals surface area contributed by atoms with Gasteiger partial charge < -0.3 is 23.7 Å². The molecule has 7 heteroatoms. The molecule has 1 aromatic rings. The molecule has 1 aromatic carbocycles. The van der Waals surface area contributed by atoms with Gasteiger partial charge in [-0.25, -0.2) is 4.79 Å². The highest BCUT2D eigenvalue weighted by molar-refractivity contribution is 5.91. The molecule has 0 radical (unpaired) electrons. The van der Waals surface area contributed by atoms with Crippen LogP contribution in [0.5, 0.6) is 11.5 Å². The Labute approximate surface area is 158 Å². The van der Waals surface area contributed by atoms with E-state index in [4.69, 9.17) is 23.7 Å². The minimum absolute atomic E-state index is 0.118. The van der Waals surface area contributed by atoms with Crippen LogP contribution in [0.2, 0.25) is 0 Å². The second kappa shape index (κ2) is 6.58. The van der Waals surface area contributed by atoms with Crippen LogP contribution in [0, 0.1) is 0 Å². The molecule has 1 saturated heterocycles. The highest BCUT2D eigenvalue weighted by Gasteiger charge is 2.53. The van der Waals surface area contributed by atoms with Crippen LogP contribution < -0.4 is 14.4 Å². The lowest BCUT2D eigenvalue weighted by Crippen LogP contribution is -2.52. The average Bonchev–Trinajstić information content (AvgIpc) is 3.21. The van der Waals surface area contributed by atoms with Crippen molar-refractivity contribution in [3.8, 4) is 11.5 Å². The third kappa shape index (κ3) is 2.96. The maximum absolute atomic E-state index is 12.9. The Morgan fingerprint density at radius 3 is 2.70 bits per heavy atom. The summed E-state index contributed by atoms with van der Waals surface area (Å²) in [4.78, 5) is 14.5. The highest BCUT2D eigenvalue weighted by atomic mass is 16.8. The molecular formula is C20H23NO6. The van der Waals surface area contributed by atoms with Crippen molar-refractivity contribution >= 4 is 11.8 Å². The fourth-order valence-corrected chi connectivity index (χ4v) is 3.86. The van der Waals surface area contributed by atoms with Gasteiger partial charge in [0.05, 0.1) is 11.7 Å². The Morgan fingerprint density at radius 1 is 1.26 bits per heavy atom. The van der Waals surface area contributed by atoms with E-state index in [2.05, 4.69) is 13.2 Å². The standard InChI is InChI=1S/C20H23NO6/c1-5-7-13-18-17(26-20(3,4)27-18)12-9-15-16(25-11-24-15)10-14(12)21(13)19(22)23-8-6-2/h5-6,9-10,13,17-18H,1-2,7-8,11H2,3-4H3/t13-,17-,18-/m0/s1. The van der Waals surface area contributed by atoms with Crippen LogP contribution in [0.3, 0.4) is 0 Å². The van der Waals surface area contributed by atoms with Gasteiger partial charge in [0, 0.05) is 11.6 Å². The normalized spacial score (nSPS) is 26.9. The number of nitrogens with zero attached hydrogens (tertiary/aromatic N) is 1. The Bertz CT molecular complexity index is 789. The molecule has 0 N–H and O–H groups in total. The lowest BCUT2D eigenvalue weighted by molar-refractivity contribution is -0.147. The number of carbonyl (C=O) groups excluding carboxylic acids is 1. The maximum atomic E-state index is 12.9. The van der Waals surface area contributed by atoms with Crippen molar-refractivity contribution < 1.29 is 28.5 Å². The smallest absolute Gasteiger partial charge is 0.414 e. The van der Waals surface area contributed by atoms with E-state index >= 15 is 0 Å². The molecule has 0 aromatic heterocycles. The van der Waals surface area contributed by atoms with E-state index in [1.165, 1.54) is 6.08 Å². The summed E-state index contributed by atoms with van der Waals surface area (Å²) in [7, 11) is 0. The predicted molar refractivity (Wildman–Crippen MR) is 98.0 cm³/mol. The van der Waals surface area contributed by atoms with Crippen LogP contribution in [-0.4, -0.2) is 37.4 Å². The minimum Gasteiger partial charge on any atom is -0.454 e. The van der Waals surface area contributed by atoms with Crippen LogP contribution in [-0.2, 0) is 14.2 Å². The van der Waals surface area contributed by atoms with Crippen molar-refractivity contribution in [1.82, 2.24) is 0 Å². The summed E-state index contributed by atoms with van der Waals surface area (Å²) in [5.41, 5.74) is 1.48. The number of anilines is 1. The molecular weight excluding hydrogens is 350 g/mol. The summed E-state index contributed by atoms with van der Waals surface area (Å²) < 4.78 is 28.7. The molecule has 3 aliphatic heterocycles. The molecule has 1 fully saturated rings. The molecule has 0 aliphatic carbocycles. The number of rotatable bonds is 4. The van der Waals surface area contributed by atoms with E-state index in [-0.39, 0.29) is 31.6 Å². The first-order valence-electron chi connectivity index (χ1n) is 8.92. The van der Waals surface area contributed by atoms with Crippen LogP contribution in [0.15, 0.2) is 37.4 Å². The summed E-state index contributed by atoms with van der Waals surface area (Å²) in [6.45, 7) is 11.4. The predicted octanol–water partition coefficient (Wildman–Crippen LogP) is 3.70. The zero-order chi connectivity index (χ0) is 19.2. The van der Waals surface area contributed by atoms with Crippen LogP contribution in [0.1, 0.15) is 31.9 Å². The lowest BCUT2D eigenvalue weighted by atomic mass is 9.88. The number of carbonyl (C=O) groups is 1. The number of ether oxygens (including phenoxy) is 5. The fourth-order valence-electron chi connectivity index (χ4n) is 3.86. The van der Waals surface area contributed by atoms with Crippen molar-refractivity contribution in [1.29, 1.82) is 0 Å². The highest BCUT2D eigenvalue weighted by Crippen LogP contribution is 2.52. The van der Waals surface area contributed by atoms with Crippen molar-refractivity contribution in [2.45, 2.75) is 44.3 Å². The first-order valence-corrected chi connectivity index (χ1v) is 8.92. The number of benzene rings is 1. The zero-order valence-corrected chi connectivity index (χ0v) is 15.5. The minimum atomic E-state index is -0.774. The van der Waals surface area contributed by atoms with Gasteiger partial charge >= 0.3 is 6.09 Å². The Balaban J connectivity index is 1.84. The second-order valence-electron chi connectivity index (χ2n) is 7.11. The molecule has 0 unspecified atom stereocenters. The fraction of sp³-hybridized carbons (Fsp3) is 0.450. The van der Waals surface area contributed by atoms with E-state index in [0.29, 0.717) is 23.6 Å². The largest absolute Gasteiger partial charge is 0.454 e. The molecule has 3 aliphatic rings. The first kappa shape index (κ1) is 17.9. The SMILES string of the molecule is C=CCOC(=O)N1c2cc3c(cc2[C@@H]2OC(C)(C)O[C@H]2[C@@H]1CC=C)OCO3. The van der Waals surface area contributed by atoms with Gasteiger partial charge in [-0.05, 0) is 26.3 Å². The van der Waals surface area contributed by atoms with Crippen molar-refractivity contribution in [3.63, 3.8) is 0 Å². The van der Waals surface area contributed by atoms with E-state index in [1.54, 1.807) is 17.0 Å². The quantitative estimate of drug-likeness (QED) is 0.750. The molecule has 27 heavy (non-hydrogen) atoms. The van der Waals surface area contributed by atoms with Gasteiger partial charge in [0.2, 0.25) is 6.79 Å². The first-order chi connectivity index (χ1) is 12.9. The van der Waals surface area contributed by atoms with Gasteiger partial charge in [-0.1, -0.05) is 18.7 Å². The monoisotopic (exact) mass is 373 g/mol. The Morgan fingerprint density at radius 2 is 2.00 bits per heavy atom. The van der Waals surface area contributed by atoms with Crippen LogP contribution in [0.25, 0.3) is 0 Å². The van der Waals surface area contributed by atoms with E-state index in [1.807, 2.05) is 19.9 Å². The molecule has 3 heterocycles. The number of hydrogen-bond donors (Lipinski definition) is 0. The second-order valence-corrected chi connectivity index (χ2v) is 7.11. The zero-order valence-electron chi connectivity index (χ0n) is 15.5. The lowest BCUT2D eigenvalue weighted by Gasteiger charge is -2.41. The van der Waals surface area contributed by atoms with Gasteiger partial charge in [0.1, 0.15) is 18.8 Å². The summed E-state index contributed by atoms with van der Waals surface area (Å²) >= 11 is 0. The van der Waals surface area contributed by atoms with E-state index in [0.717, 1.165) is 5.56 Å². The summed E-state index contributed by atoms with van der Waals surface area (Å²) in [5.74, 6) is 0.440. The van der Waals surface area contributed by atoms with Crippen LogP contribution >= 0.6 is 0 Å². The van der Waals surface area contributed by atoms with Crippen LogP contribution in [0.4, 0.5) is 10.5 Å². The van der Waals surface area contributed by atoms with Gasteiger partial charge in [0.25, 0.3) is 0 Å². The molecule has 0 saturated carbocycles. The summed E-state index contributed by atoms with van der Waals surface area (Å²) in [6.07, 6.45) is 2.65. The average molecular weight is 373 g/mol. The van der Waals surface area contributed by atoms with Crippen molar-refractivity contribution in [2.75, 3.05) is 18.3 Å². The Kier molecular flexibility index (Phi) is 4.36.